The molecule has 0 spiro atoms. The SMILES string of the molecule is Fc1ccccc1-c1ncn2ccccc12. The van der Waals surface area contributed by atoms with Crippen LogP contribution >= 0.6 is 0 Å². The second kappa shape index (κ2) is 3.45. The van der Waals surface area contributed by atoms with Gasteiger partial charge in [0, 0.05) is 11.8 Å². The maximum Gasteiger partial charge on any atom is 0.132 e. The van der Waals surface area contributed by atoms with Crippen LogP contribution in [0.15, 0.2) is 55.0 Å². The lowest BCUT2D eigenvalue weighted by molar-refractivity contribution is 0.631. The van der Waals surface area contributed by atoms with Crippen LogP contribution in [0.1, 0.15) is 0 Å². The lowest BCUT2D eigenvalue weighted by Gasteiger charge is -2.00. The van der Waals surface area contributed by atoms with Crippen LogP contribution in [-0.2, 0) is 0 Å². The van der Waals surface area contributed by atoms with Gasteiger partial charge in [-0.05, 0) is 24.3 Å². The van der Waals surface area contributed by atoms with E-state index in [1.165, 1.54) is 6.07 Å². The van der Waals surface area contributed by atoms with Gasteiger partial charge in [-0.25, -0.2) is 9.37 Å². The summed E-state index contributed by atoms with van der Waals surface area (Å²) in [5.74, 6) is -0.244. The molecule has 78 valence electrons. The van der Waals surface area contributed by atoms with Gasteiger partial charge in [0.05, 0.1) is 17.5 Å². The standard InChI is InChI=1S/C13H9FN2/c14-11-6-2-1-5-10(11)13-12-7-3-4-8-16(12)9-15-13/h1-9H. The summed E-state index contributed by atoms with van der Waals surface area (Å²) < 4.78 is 15.5. The van der Waals surface area contributed by atoms with Gasteiger partial charge in [-0.3, -0.25) is 0 Å². The molecule has 0 saturated carbocycles. The summed E-state index contributed by atoms with van der Waals surface area (Å²) in [7, 11) is 0. The highest BCUT2D eigenvalue weighted by molar-refractivity contribution is 5.77. The molecule has 0 atom stereocenters. The highest BCUT2D eigenvalue weighted by Crippen LogP contribution is 2.24. The lowest BCUT2D eigenvalue weighted by atomic mass is 10.1. The average Bonchev–Trinajstić information content (AvgIpc) is 2.74. The van der Waals surface area contributed by atoms with E-state index in [0.29, 0.717) is 11.3 Å². The predicted octanol–water partition coefficient (Wildman–Crippen LogP) is 3.14. The Kier molecular flexibility index (Phi) is 1.96. The molecule has 0 fully saturated rings. The summed E-state index contributed by atoms with van der Waals surface area (Å²) >= 11 is 0. The molecule has 16 heavy (non-hydrogen) atoms. The van der Waals surface area contributed by atoms with Crippen LogP contribution in [0.3, 0.4) is 0 Å². The molecule has 3 heteroatoms. The minimum absolute atomic E-state index is 0.244. The fraction of sp³-hybridized carbons (Fsp3) is 0. The number of benzene rings is 1. The van der Waals surface area contributed by atoms with Crippen molar-refractivity contribution in [2.45, 2.75) is 0 Å². The van der Waals surface area contributed by atoms with Crippen LogP contribution in [-0.4, -0.2) is 9.38 Å². The number of fused-ring (bicyclic) bond motifs is 1. The fourth-order valence-electron chi connectivity index (χ4n) is 1.80. The van der Waals surface area contributed by atoms with Crippen LogP contribution < -0.4 is 0 Å². The molecule has 0 aliphatic carbocycles. The Morgan fingerprint density at radius 1 is 1.00 bits per heavy atom. The Morgan fingerprint density at radius 3 is 2.69 bits per heavy atom. The van der Waals surface area contributed by atoms with E-state index in [9.17, 15) is 4.39 Å². The second-order valence-corrected chi connectivity index (χ2v) is 3.57. The number of hydrogen-bond donors (Lipinski definition) is 0. The molecule has 3 rings (SSSR count). The molecule has 0 aliphatic heterocycles. The lowest BCUT2D eigenvalue weighted by Crippen LogP contribution is -1.85. The summed E-state index contributed by atoms with van der Waals surface area (Å²) in [6.45, 7) is 0. The van der Waals surface area contributed by atoms with Crippen molar-refractivity contribution in [2.75, 3.05) is 0 Å². The number of halogens is 1. The largest absolute Gasteiger partial charge is 0.306 e. The molecule has 0 amide bonds. The van der Waals surface area contributed by atoms with Gasteiger partial charge in [-0.15, -0.1) is 0 Å². The third-order valence-electron chi connectivity index (χ3n) is 2.57. The van der Waals surface area contributed by atoms with Gasteiger partial charge in [-0.2, -0.15) is 0 Å². The van der Waals surface area contributed by atoms with Crippen molar-refractivity contribution < 1.29 is 4.39 Å². The number of hydrogen-bond acceptors (Lipinski definition) is 1. The number of pyridine rings is 1. The van der Waals surface area contributed by atoms with Gasteiger partial charge in [0.2, 0.25) is 0 Å². The Balaban J connectivity index is 2.31. The van der Waals surface area contributed by atoms with E-state index in [-0.39, 0.29) is 5.82 Å². The van der Waals surface area contributed by atoms with E-state index >= 15 is 0 Å². The molecule has 0 aliphatic rings. The van der Waals surface area contributed by atoms with Crippen LogP contribution in [0.5, 0.6) is 0 Å². The van der Waals surface area contributed by atoms with Gasteiger partial charge >= 0.3 is 0 Å². The first kappa shape index (κ1) is 9.09. The third-order valence-corrected chi connectivity index (χ3v) is 2.57. The molecule has 3 aromatic rings. The zero-order chi connectivity index (χ0) is 11.0. The summed E-state index contributed by atoms with van der Waals surface area (Å²) in [5.41, 5.74) is 2.13. The normalized spacial score (nSPS) is 10.8. The second-order valence-electron chi connectivity index (χ2n) is 3.57. The molecule has 1 aromatic carbocycles. The smallest absolute Gasteiger partial charge is 0.132 e. The summed E-state index contributed by atoms with van der Waals surface area (Å²) in [4.78, 5) is 4.25. The number of rotatable bonds is 1. The van der Waals surface area contributed by atoms with E-state index in [2.05, 4.69) is 4.98 Å². The van der Waals surface area contributed by atoms with E-state index in [4.69, 9.17) is 0 Å². The van der Waals surface area contributed by atoms with Crippen LogP contribution in [0.4, 0.5) is 4.39 Å². The summed E-state index contributed by atoms with van der Waals surface area (Å²) in [5, 5.41) is 0. The van der Waals surface area contributed by atoms with Crippen molar-refractivity contribution in [3.8, 4) is 11.3 Å². The topological polar surface area (TPSA) is 17.3 Å². The Morgan fingerprint density at radius 2 is 1.81 bits per heavy atom. The highest BCUT2D eigenvalue weighted by Gasteiger charge is 2.09. The molecule has 0 unspecified atom stereocenters. The van der Waals surface area contributed by atoms with E-state index in [1.807, 2.05) is 34.9 Å². The predicted molar refractivity (Wildman–Crippen MR) is 60.6 cm³/mol. The van der Waals surface area contributed by atoms with E-state index in [0.717, 1.165) is 5.52 Å². The minimum atomic E-state index is -0.244. The molecule has 0 bridgehead atoms. The van der Waals surface area contributed by atoms with Crippen molar-refractivity contribution in [1.29, 1.82) is 0 Å². The van der Waals surface area contributed by atoms with Gasteiger partial charge in [0.25, 0.3) is 0 Å². The van der Waals surface area contributed by atoms with E-state index in [1.54, 1.807) is 18.5 Å². The fourth-order valence-corrected chi connectivity index (χ4v) is 1.80. The molecule has 0 saturated heterocycles. The van der Waals surface area contributed by atoms with Crippen molar-refractivity contribution in [1.82, 2.24) is 9.38 Å². The highest BCUT2D eigenvalue weighted by atomic mass is 19.1. The first-order valence-corrected chi connectivity index (χ1v) is 5.03. The van der Waals surface area contributed by atoms with Crippen molar-refractivity contribution in [3.05, 3.63) is 60.8 Å². The third kappa shape index (κ3) is 1.29. The molecular weight excluding hydrogens is 203 g/mol. The molecular formula is C13H9FN2. The van der Waals surface area contributed by atoms with E-state index < -0.39 is 0 Å². The van der Waals surface area contributed by atoms with Crippen molar-refractivity contribution in [2.24, 2.45) is 0 Å². The van der Waals surface area contributed by atoms with Crippen LogP contribution in [0.25, 0.3) is 16.8 Å². The van der Waals surface area contributed by atoms with Crippen molar-refractivity contribution in [3.63, 3.8) is 0 Å². The minimum Gasteiger partial charge on any atom is -0.306 e. The van der Waals surface area contributed by atoms with Gasteiger partial charge in [0.15, 0.2) is 0 Å². The van der Waals surface area contributed by atoms with Gasteiger partial charge in [0.1, 0.15) is 5.82 Å². The summed E-state index contributed by atoms with van der Waals surface area (Å²) in [6, 6.07) is 12.4. The van der Waals surface area contributed by atoms with Crippen LogP contribution in [0, 0.1) is 5.82 Å². The number of aromatic nitrogens is 2. The monoisotopic (exact) mass is 212 g/mol. The Hall–Kier alpha value is -2.16. The zero-order valence-corrected chi connectivity index (χ0v) is 8.47. The first-order chi connectivity index (χ1) is 7.86. The van der Waals surface area contributed by atoms with Gasteiger partial charge < -0.3 is 4.40 Å². The molecule has 0 radical (unpaired) electrons. The molecule has 2 nitrogen and oxygen atoms in total. The Bertz CT molecular complexity index is 643. The van der Waals surface area contributed by atoms with Crippen LogP contribution in [0.2, 0.25) is 0 Å². The van der Waals surface area contributed by atoms with Gasteiger partial charge in [-0.1, -0.05) is 18.2 Å². The quantitative estimate of drug-likeness (QED) is 0.605. The maximum absolute atomic E-state index is 13.6. The van der Waals surface area contributed by atoms with Crippen molar-refractivity contribution >= 4 is 5.52 Å². The number of nitrogens with zero attached hydrogens (tertiary/aromatic N) is 2. The molecule has 2 heterocycles. The average molecular weight is 212 g/mol. The number of imidazole rings is 1. The zero-order valence-electron chi connectivity index (χ0n) is 8.47. The first-order valence-electron chi connectivity index (χ1n) is 5.03. The maximum atomic E-state index is 13.6. The molecule has 0 N–H and O–H groups in total. The molecule has 2 aromatic heterocycles. The Labute approximate surface area is 92.0 Å². The summed E-state index contributed by atoms with van der Waals surface area (Å²) in [6.07, 6.45) is 3.59.